The smallest absolute Gasteiger partial charge is 0.191 e. The Morgan fingerprint density at radius 2 is 1.88 bits per heavy atom. The van der Waals surface area contributed by atoms with E-state index in [0.29, 0.717) is 11.0 Å². The van der Waals surface area contributed by atoms with Crippen LogP contribution >= 0.6 is 0 Å². The monoisotopic (exact) mass is 244 g/mol. The summed E-state index contributed by atoms with van der Waals surface area (Å²) in [5.74, 6) is 0.557. The van der Waals surface area contributed by atoms with Crippen LogP contribution in [0, 0.1) is 5.92 Å². The van der Waals surface area contributed by atoms with E-state index in [1.54, 1.807) is 0 Å². The topological polar surface area (TPSA) is 18.5 Å². The molecule has 16 heavy (non-hydrogen) atoms. The fourth-order valence-corrected chi connectivity index (χ4v) is 2.79. The molecule has 1 heterocycles. The predicted octanol–water partition coefficient (Wildman–Crippen LogP) is 3.82. The van der Waals surface area contributed by atoms with Gasteiger partial charge in [-0.1, -0.05) is 20.8 Å². The maximum Gasteiger partial charge on any atom is 0.191 e. The molecule has 0 amide bonds. The summed E-state index contributed by atoms with van der Waals surface area (Å²) in [4.78, 5) is 0. The van der Waals surface area contributed by atoms with Crippen LogP contribution in [0.5, 0.6) is 0 Å². The molecule has 2 nitrogen and oxygen atoms in total. The Morgan fingerprint density at radius 3 is 2.25 bits per heavy atom. The van der Waals surface area contributed by atoms with E-state index in [4.69, 9.17) is 9.16 Å². The van der Waals surface area contributed by atoms with Crippen LogP contribution in [0.3, 0.4) is 0 Å². The Hall–Kier alpha value is 0.137. The summed E-state index contributed by atoms with van der Waals surface area (Å²) >= 11 is 0. The van der Waals surface area contributed by atoms with Gasteiger partial charge in [-0.2, -0.15) is 0 Å². The summed E-state index contributed by atoms with van der Waals surface area (Å²) < 4.78 is 12.0. The molecule has 0 saturated carbocycles. The standard InChI is InChI=1S/C13H28O2Si/c1-12(2,3)16(6,7)15-10-11-8-9-14-13(11,4)5/h11H,8-10H2,1-7H3. The first-order valence-corrected chi connectivity index (χ1v) is 9.25. The van der Waals surface area contributed by atoms with E-state index in [1.807, 2.05) is 0 Å². The van der Waals surface area contributed by atoms with Gasteiger partial charge in [0.05, 0.1) is 5.60 Å². The van der Waals surface area contributed by atoms with Gasteiger partial charge in [0.1, 0.15) is 0 Å². The first kappa shape index (κ1) is 14.2. The molecule has 1 aliphatic heterocycles. The van der Waals surface area contributed by atoms with Crippen molar-refractivity contribution < 1.29 is 9.16 Å². The van der Waals surface area contributed by atoms with Crippen molar-refractivity contribution in [1.82, 2.24) is 0 Å². The average Bonchev–Trinajstić information content (AvgIpc) is 2.39. The molecule has 0 radical (unpaired) electrons. The van der Waals surface area contributed by atoms with E-state index in [-0.39, 0.29) is 5.60 Å². The molecule has 1 unspecified atom stereocenters. The highest BCUT2D eigenvalue weighted by Gasteiger charge is 2.41. The Balaban J connectivity index is 2.52. The highest BCUT2D eigenvalue weighted by molar-refractivity contribution is 6.74. The molecule has 96 valence electrons. The Bertz CT molecular complexity index is 241. The van der Waals surface area contributed by atoms with Gasteiger partial charge in [-0.25, -0.2) is 0 Å². The molecule has 0 spiro atoms. The molecule has 0 bridgehead atoms. The fraction of sp³-hybridized carbons (Fsp3) is 1.00. The normalized spacial score (nSPS) is 26.1. The molecule has 1 aliphatic rings. The minimum absolute atomic E-state index is 0.00235. The first-order valence-electron chi connectivity index (χ1n) is 6.34. The fourth-order valence-electron chi connectivity index (χ4n) is 1.74. The molecule has 0 aromatic rings. The van der Waals surface area contributed by atoms with E-state index in [0.717, 1.165) is 19.6 Å². The number of hydrogen-bond donors (Lipinski definition) is 0. The van der Waals surface area contributed by atoms with Crippen LogP contribution in [-0.4, -0.2) is 27.1 Å². The second kappa shape index (κ2) is 4.43. The van der Waals surface area contributed by atoms with E-state index in [9.17, 15) is 0 Å². The minimum Gasteiger partial charge on any atom is -0.416 e. The third-order valence-electron chi connectivity index (χ3n) is 4.38. The zero-order valence-electron chi connectivity index (χ0n) is 12.0. The molecule has 1 rings (SSSR count). The summed E-state index contributed by atoms with van der Waals surface area (Å²) in [5.41, 5.74) is 0.00235. The highest BCUT2D eigenvalue weighted by atomic mass is 28.4. The molecular weight excluding hydrogens is 216 g/mol. The molecule has 1 fully saturated rings. The van der Waals surface area contributed by atoms with Crippen LogP contribution in [0.2, 0.25) is 18.1 Å². The largest absolute Gasteiger partial charge is 0.416 e. The maximum absolute atomic E-state index is 6.27. The van der Waals surface area contributed by atoms with Gasteiger partial charge in [0.15, 0.2) is 8.32 Å². The van der Waals surface area contributed by atoms with E-state index in [1.165, 1.54) is 0 Å². The van der Waals surface area contributed by atoms with Crippen LogP contribution < -0.4 is 0 Å². The zero-order chi connectivity index (χ0) is 12.6. The van der Waals surface area contributed by atoms with Crippen LogP contribution in [0.15, 0.2) is 0 Å². The van der Waals surface area contributed by atoms with Crippen molar-refractivity contribution in [3.63, 3.8) is 0 Å². The van der Waals surface area contributed by atoms with Gasteiger partial charge in [-0.05, 0) is 38.4 Å². The van der Waals surface area contributed by atoms with Crippen molar-refractivity contribution >= 4 is 8.32 Å². The van der Waals surface area contributed by atoms with Gasteiger partial charge in [-0.3, -0.25) is 0 Å². The quantitative estimate of drug-likeness (QED) is 0.703. The molecule has 0 aromatic carbocycles. The molecule has 3 heteroatoms. The van der Waals surface area contributed by atoms with E-state index >= 15 is 0 Å². The van der Waals surface area contributed by atoms with Gasteiger partial charge < -0.3 is 9.16 Å². The molecule has 1 atom stereocenters. The van der Waals surface area contributed by atoms with Crippen LogP contribution in [0.4, 0.5) is 0 Å². The number of hydrogen-bond acceptors (Lipinski definition) is 2. The summed E-state index contributed by atoms with van der Waals surface area (Å²) in [6.45, 7) is 17.6. The van der Waals surface area contributed by atoms with Crippen LogP contribution in [0.25, 0.3) is 0 Å². The predicted molar refractivity (Wildman–Crippen MR) is 71.3 cm³/mol. The summed E-state index contributed by atoms with van der Waals surface area (Å²) in [6.07, 6.45) is 1.14. The number of rotatable bonds is 3. The van der Waals surface area contributed by atoms with Crippen molar-refractivity contribution in [3.05, 3.63) is 0 Å². The lowest BCUT2D eigenvalue weighted by Gasteiger charge is -2.38. The number of ether oxygens (including phenoxy) is 1. The van der Waals surface area contributed by atoms with Crippen LogP contribution in [0.1, 0.15) is 41.0 Å². The van der Waals surface area contributed by atoms with Crippen molar-refractivity contribution in [2.24, 2.45) is 5.92 Å². The van der Waals surface area contributed by atoms with Gasteiger partial charge in [0.2, 0.25) is 0 Å². The molecule has 1 saturated heterocycles. The molecule has 0 N–H and O–H groups in total. The summed E-state index contributed by atoms with van der Waals surface area (Å²) in [6, 6.07) is 0. The first-order chi connectivity index (χ1) is 7.06. The van der Waals surface area contributed by atoms with E-state index in [2.05, 4.69) is 47.7 Å². The van der Waals surface area contributed by atoms with Gasteiger partial charge in [-0.15, -0.1) is 0 Å². The SMILES string of the molecule is CC1(C)OCCC1CO[Si](C)(C)C(C)(C)C. The van der Waals surface area contributed by atoms with Gasteiger partial charge in [0, 0.05) is 19.1 Å². The summed E-state index contributed by atoms with van der Waals surface area (Å²) in [7, 11) is -1.59. The third kappa shape index (κ3) is 3.08. The Kier molecular flexibility index (Phi) is 3.93. The second-order valence-corrected chi connectivity index (χ2v) is 11.8. The Morgan fingerprint density at radius 1 is 1.31 bits per heavy atom. The minimum atomic E-state index is -1.59. The highest BCUT2D eigenvalue weighted by Crippen LogP contribution is 2.38. The lowest BCUT2D eigenvalue weighted by atomic mass is 9.92. The third-order valence-corrected chi connectivity index (χ3v) is 8.88. The van der Waals surface area contributed by atoms with E-state index < -0.39 is 8.32 Å². The van der Waals surface area contributed by atoms with Crippen molar-refractivity contribution in [2.75, 3.05) is 13.2 Å². The van der Waals surface area contributed by atoms with Crippen molar-refractivity contribution in [1.29, 1.82) is 0 Å². The van der Waals surface area contributed by atoms with Crippen LogP contribution in [-0.2, 0) is 9.16 Å². The van der Waals surface area contributed by atoms with Crippen molar-refractivity contribution in [3.8, 4) is 0 Å². The van der Waals surface area contributed by atoms with Gasteiger partial charge in [0.25, 0.3) is 0 Å². The molecule has 0 aliphatic carbocycles. The summed E-state index contributed by atoms with van der Waals surface area (Å²) in [5, 5.41) is 0.302. The Labute approximate surface area is 102 Å². The lowest BCUT2D eigenvalue weighted by Crippen LogP contribution is -2.43. The molecular formula is C13H28O2Si. The van der Waals surface area contributed by atoms with Gasteiger partial charge >= 0.3 is 0 Å². The maximum atomic E-state index is 6.27. The lowest BCUT2D eigenvalue weighted by molar-refractivity contribution is -0.00136. The zero-order valence-corrected chi connectivity index (χ0v) is 13.0. The molecule has 0 aromatic heterocycles. The van der Waals surface area contributed by atoms with Crippen molar-refractivity contribution in [2.45, 2.75) is 64.8 Å². The average molecular weight is 244 g/mol. The second-order valence-electron chi connectivity index (χ2n) is 7.01.